The number of cyclic esters (lactones) is 1. The zero-order valence-electron chi connectivity index (χ0n) is 42.1. The highest BCUT2D eigenvalue weighted by Gasteiger charge is 2.58. The van der Waals surface area contributed by atoms with Crippen LogP contribution in [0.3, 0.4) is 0 Å². The van der Waals surface area contributed by atoms with Gasteiger partial charge in [-0.1, -0.05) is 26.8 Å². The van der Waals surface area contributed by atoms with Crippen molar-refractivity contribution in [1.82, 2.24) is 9.80 Å². The number of hydrogen-bond acceptors (Lipinski definition) is 17. The summed E-state index contributed by atoms with van der Waals surface area (Å²) >= 11 is 0. The second-order valence-corrected chi connectivity index (χ2v) is 20.1. The molecule has 4 heterocycles. The molecule has 4 aliphatic rings. The van der Waals surface area contributed by atoms with Crippen LogP contribution in [0.5, 0.6) is 0 Å². The molecule has 4 saturated heterocycles. The average Bonchev–Trinajstić information content (AvgIpc) is 3.54. The van der Waals surface area contributed by atoms with E-state index in [0.717, 1.165) is 12.8 Å². The largest absolute Gasteiger partial charge is 0.509 e. The summed E-state index contributed by atoms with van der Waals surface area (Å²) < 4.78 is 69.3. The Bertz CT molecular complexity index is 1550. The minimum absolute atomic E-state index is 0.145. The summed E-state index contributed by atoms with van der Waals surface area (Å²) in [7, 11) is 7.38. The van der Waals surface area contributed by atoms with Gasteiger partial charge in [-0.2, -0.15) is 0 Å². The molecule has 376 valence electrons. The Morgan fingerprint density at radius 2 is 1.65 bits per heavy atom. The fraction of sp³-hybridized carbons (Fsp3) is 0.896. The number of likely N-dealkylation sites (N-methyl/N-ethyl adjacent to an activating group) is 2. The van der Waals surface area contributed by atoms with Gasteiger partial charge in [0.05, 0.1) is 54.2 Å². The maximum absolute atomic E-state index is 14.8. The van der Waals surface area contributed by atoms with Gasteiger partial charge in [-0.15, -0.1) is 6.58 Å². The molecule has 0 unspecified atom stereocenters. The molecular formula is C48H84N2O15. The van der Waals surface area contributed by atoms with Crippen molar-refractivity contribution < 1.29 is 71.6 Å². The van der Waals surface area contributed by atoms with Gasteiger partial charge in [-0.05, 0) is 108 Å². The number of ether oxygens (including phenoxy) is 11. The first-order valence-electron chi connectivity index (χ1n) is 23.8. The number of esters is 2. The Morgan fingerprint density at radius 1 is 0.969 bits per heavy atom. The molecule has 4 rings (SSSR count). The van der Waals surface area contributed by atoms with E-state index in [1.807, 2.05) is 74.5 Å². The summed E-state index contributed by atoms with van der Waals surface area (Å²) in [6.45, 7) is 25.8. The number of rotatable bonds is 16. The molecule has 0 bridgehead atoms. The molecule has 0 spiro atoms. The van der Waals surface area contributed by atoms with E-state index >= 15 is 0 Å². The molecule has 17 nitrogen and oxygen atoms in total. The minimum atomic E-state index is -1.59. The monoisotopic (exact) mass is 929 g/mol. The Hall–Kier alpha value is -2.45. The molecule has 1 N–H and O–H groups in total. The normalized spacial score (nSPS) is 42.5. The lowest BCUT2D eigenvalue weighted by molar-refractivity contribution is -0.321. The fourth-order valence-corrected chi connectivity index (χ4v) is 10.6. The lowest BCUT2D eigenvalue weighted by atomic mass is 9.77. The number of hydrogen-bond donors (Lipinski definition) is 1. The van der Waals surface area contributed by atoms with Crippen LogP contribution in [0.1, 0.15) is 115 Å². The van der Waals surface area contributed by atoms with Crippen LogP contribution < -0.4 is 0 Å². The average molecular weight is 929 g/mol. The molecule has 4 aliphatic heterocycles. The van der Waals surface area contributed by atoms with Gasteiger partial charge in [0, 0.05) is 52.2 Å². The van der Waals surface area contributed by atoms with Gasteiger partial charge in [0.25, 0.3) is 0 Å². The van der Waals surface area contributed by atoms with E-state index < -0.39 is 102 Å². The molecule has 0 aromatic heterocycles. The second-order valence-electron chi connectivity index (χ2n) is 20.1. The highest BCUT2D eigenvalue weighted by atomic mass is 16.8. The summed E-state index contributed by atoms with van der Waals surface area (Å²) in [5.74, 6) is -3.03. The topological polar surface area (TPSA) is 179 Å². The molecule has 4 fully saturated rings. The predicted molar refractivity (Wildman–Crippen MR) is 241 cm³/mol. The van der Waals surface area contributed by atoms with E-state index in [1.54, 1.807) is 34.0 Å². The molecule has 0 aromatic rings. The molecule has 17 heteroatoms. The molecule has 18 atom stereocenters. The number of unbranched alkanes of at least 4 members (excludes halogenated alkanes) is 1. The number of aliphatic hydroxyl groups is 1. The Morgan fingerprint density at radius 3 is 2.26 bits per heavy atom. The molecule has 0 saturated carbocycles. The molecule has 65 heavy (non-hydrogen) atoms. The molecule has 0 radical (unpaired) electrons. The minimum Gasteiger partial charge on any atom is -0.458 e. The predicted octanol–water partition coefficient (Wildman–Crippen LogP) is 5.66. The van der Waals surface area contributed by atoms with Gasteiger partial charge in [-0.3, -0.25) is 14.5 Å². The number of nitrogens with zero attached hydrogens (tertiary/aromatic N) is 2. The zero-order valence-corrected chi connectivity index (χ0v) is 42.1. The highest BCUT2D eigenvalue weighted by Crippen LogP contribution is 2.42. The maximum atomic E-state index is 14.8. The van der Waals surface area contributed by atoms with Gasteiger partial charge >= 0.3 is 18.1 Å². The van der Waals surface area contributed by atoms with Crippen LogP contribution in [0.25, 0.3) is 0 Å². The lowest BCUT2D eigenvalue weighted by Crippen LogP contribution is -2.61. The number of methoxy groups -OCH3 is 1. The quantitative estimate of drug-likeness (QED) is 0.0867. The van der Waals surface area contributed by atoms with Crippen molar-refractivity contribution in [2.45, 2.75) is 205 Å². The van der Waals surface area contributed by atoms with Gasteiger partial charge in [0.1, 0.15) is 12.2 Å². The van der Waals surface area contributed by atoms with E-state index in [2.05, 4.69) is 11.5 Å². The Kier molecular flexibility index (Phi) is 20.1. The highest BCUT2D eigenvalue weighted by molar-refractivity contribution is 5.73. The van der Waals surface area contributed by atoms with Crippen LogP contribution in [-0.4, -0.2) is 178 Å². The molecule has 0 amide bonds. The summed E-state index contributed by atoms with van der Waals surface area (Å²) in [4.78, 5) is 44.3. The van der Waals surface area contributed by atoms with Crippen LogP contribution >= 0.6 is 0 Å². The van der Waals surface area contributed by atoms with Crippen LogP contribution in [0.2, 0.25) is 0 Å². The van der Waals surface area contributed by atoms with E-state index in [1.165, 1.54) is 6.92 Å². The Labute approximate surface area is 388 Å². The third-order valence-electron chi connectivity index (χ3n) is 14.1. The van der Waals surface area contributed by atoms with Gasteiger partial charge in [0.15, 0.2) is 30.4 Å². The van der Waals surface area contributed by atoms with Gasteiger partial charge < -0.3 is 62.1 Å². The Balaban J connectivity index is 1.79. The number of fused-ring (bicyclic) bond motifs is 1. The number of carbonyl (C=O) groups is 3. The first-order valence-corrected chi connectivity index (χ1v) is 23.8. The van der Waals surface area contributed by atoms with Crippen LogP contribution in [0, 0.1) is 17.8 Å². The standard InChI is InChI=1S/C48H84N2O15/c1-17-21-56-22-19-20-23-57-42-33(8)59-37(26-47(42,11)55-16)62-38-30(5)40(63-44-39(60-34(9)51)35(49(13)14)24-29(4)58-44)46(10,54)25-28(3)27-50(15)32(7)41-48(12,65-45(53)64-41)36(18-2)61-43(52)31(38)6/h17,28-33,35-42,44,54H,1,18-27H2,2-16H3/t28-,29-,30+,31-,32-,33+,35+,36-,37+,38+,39-,40-,41-,42+,44+,46-,47-,48-/m1/s1. The van der Waals surface area contributed by atoms with Gasteiger partial charge in [-0.25, -0.2) is 4.79 Å². The number of carbonyl (C=O) groups excluding carboxylic acids is 3. The fourth-order valence-electron chi connectivity index (χ4n) is 10.6. The zero-order chi connectivity index (χ0) is 48.6. The van der Waals surface area contributed by atoms with Crippen molar-refractivity contribution in [3.63, 3.8) is 0 Å². The molecule has 0 aliphatic carbocycles. The van der Waals surface area contributed by atoms with E-state index in [4.69, 9.17) is 52.1 Å². The third-order valence-corrected chi connectivity index (χ3v) is 14.1. The van der Waals surface area contributed by atoms with Crippen LogP contribution in [-0.2, 0) is 61.7 Å². The maximum Gasteiger partial charge on any atom is 0.509 e. The van der Waals surface area contributed by atoms with Crippen LogP contribution in [0.15, 0.2) is 12.7 Å². The van der Waals surface area contributed by atoms with Gasteiger partial charge in [0.2, 0.25) is 0 Å². The smallest absolute Gasteiger partial charge is 0.458 e. The lowest BCUT2D eigenvalue weighted by Gasteiger charge is -2.49. The SMILES string of the molecule is C=CCOCCCCO[C@H]1[C@H](C)O[C@@H](O[C@H]2[C@H](C)[C@@H](O[C@@H]3O[C@H](C)C[C@H](N(C)C)[C@H]3OC(C)=O)[C@](C)(O)C[C@@H](C)CN(C)[C@H](C)[C@H]3OC(=O)O[C@]3(C)[C@@H](CC)OC(=O)[C@@H]2C)C[C@@]1(C)OC. The van der Waals surface area contributed by atoms with Crippen molar-refractivity contribution in [2.75, 3.05) is 54.6 Å². The first-order chi connectivity index (χ1) is 30.4. The van der Waals surface area contributed by atoms with E-state index in [-0.39, 0.29) is 36.9 Å². The molecular weight excluding hydrogens is 845 g/mol. The van der Waals surface area contributed by atoms with Crippen molar-refractivity contribution in [2.24, 2.45) is 17.8 Å². The third kappa shape index (κ3) is 13.6. The van der Waals surface area contributed by atoms with E-state index in [9.17, 15) is 19.5 Å². The van der Waals surface area contributed by atoms with Crippen molar-refractivity contribution >= 4 is 18.1 Å². The second kappa shape index (κ2) is 23.7. The van der Waals surface area contributed by atoms with Crippen molar-refractivity contribution in [1.29, 1.82) is 0 Å². The first kappa shape index (κ1) is 55.1. The summed E-state index contributed by atoms with van der Waals surface area (Å²) in [5.41, 5.74) is -3.77. The van der Waals surface area contributed by atoms with Crippen molar-refractivity contribution in [3.8, 4) is 0 Å². The molecule has 0 aromatic carbocycles. The summed E-state index contributed by atoms with van der Waals surface area (Å²) in [6, 6.07) is -0.636. The van der Waals surface area contributed by atoms with Crippen LogP contribution in [0.4, 0.5) is 4.79 Å². The van der Waals surface area contributed by atoms with E-state index in [0.29, 0.717) is 39.2 Å². The van der Waals surface area contributed by atoms with Crippen molar-refractivity contribution in [3.05, 3.63) is 12.7 Å². The summed E-state index contributed by atoms with van der Waals surface area (Å²) in [6.07, 6.45) is -4.01. The summed E-state index contributed by atoms with van der Waals surface area (Å²) in [5, 5.41) is 12.9.